The molecule has 0 amide bonds. The van der Waals surface area contributed by atoms with Gasteiger partial charge in [-0.2, -0.15) is 5.10 Å². The van der Waals surface area contributed by atoms with Crippen molar-refractivity contribution in [1.29, 1.82) is 0 Å². The maximum absolute atomic E-state index is 12.3. The van der Waals surface area contributed by atoms with E-state index < -0.39 is 0 Å². The monoisotopic (exact) mass is 270 g/mol. The molecule has 0 N–H and O–H groups in total. The summed E-state index contributed by atoms with van der Waals surface area (Å²) >= 11 is 7.04. The Morgan fingerprint density at radius 3 is 2.76 bits per heavy atom. The molecule has 0 fully saturated rings. The average Bonchev–Trinajstić information content (AvgIpc) is 2.85. The molecule has 17 heavy (non-hydrogen) atoms. The van der Waals surface area contributed by atoms with Gasteiger partial charge in [-0.25, -0.2) is 0 Å². The molecule has 0 aliphatic carbocycles. The molecule has 0 aromatic carbocycles. The Morgan fingerprint density at radius 1 is 1.53 bits per heavy atom. The van der Waals surface area contributed by atoms with Crippen molar-refractivity contribution in [3.63, 3.8) is 0 Å². The molecule has 0 saturated heterocycles. The molecule has 2 aromatic rings. The summed E-state index contributed by atoms with van der Waals surface area (Å²) in [5.41, 5.74) is 1.08. The van der Waals surface area contributed by atoms with Crippen LogP contribution < -0.4 is 0 Å². The molecule has 90 valence electrons. The predicted molar refractivity (Wildman–Crippen MR) is 65.6 cm³/mol. The molecule has 2 aromatic heterocycles. The number of rotatable bonds is 3. The minimum absolute atomic E-state index is 0.153. The Balaban J connectivity index is 2.48. The van der Waals surface area contributed by atoms with E-state index in [9.17, 15) is 4.79 Å². The number of carbonyl (C=O) groups excluding carboxylic acids is 1. The molecule has 0 spiro atoms. The van der Waals surface area contributed by atoms with Gasteiger partial charge in [-0.15, -0.1) is 5.10 Å². The van der Waals surface area contributed by atoms with E-state index in [2.05, 4.69) is 14.7 Å². The largest absolute Gasteiger partial charge is 0.286 e. The predicted octanol–water partition coefficient (Wildman–Crippen LogP) is 2.28. The summed E-state index contributed by atoms with van der Waals surface area (Å²) in [6.07, 6.45) is 1.46. The highest BCUT2D eigenvalue weighted by Gasteiger charge is 2.24. The number of carbonyl (C=O) groups is 1. The van der Waals surface area contributed by atoms with E-state index in [0.29, 0.717) is 21.3 Å². The molecule has 0 unspecified atom stereocenters. The molecule has 0 bridgehead atoms. The van der Waals surface area contributed by atoms with Crippen LogP contribution in [-0.4, -0.2) is 25.2 Å². The fourth-order valence-electron chi connectivity index (χ4n) is 1.51. The first-order chi connectivity index (χ1) is 8.02. The molecule has 0 aliphatic rings. The maximum atomic E-state index is 12.3. The second-order valence-electron chi connectivity index (χ2n) is 3.94. The highest BCUT2D eigenvalue weighted by atomic mass is 35.5. The third kappa shape index (κ3) is 2.10. The Morgan fingerprint density at radius 2 is 2.24 bits per heavy atom. The van der Waals surface area contributed by atoms with Gasteiger partial charge in [0.05, 0.1) is 16.9 Å². The van der Waals surface area contributed by atoms with Crippen molar-refractivity contribution in [2.45, 2.75) is 19.8 Å². The number of nitrogens with zero attached hydrogens (tertiary/aromatic N) is 4. The molecule has 5 nitrogen and oxygen atoms in total. The fourth-order valence-corrected chi connectivity index (χ4v) is 2.52. The third-order valence-corrected chi connectivity index (χ3v) is 3.39. The van der Waals surface area contributed by atoms with Crippen molar-refractivity contribution in [1.82, 2.24) is 19.4 Å². The Kier molecular flexibility index (Phi) is 3.26. The van der Waals surface area contributed by atoms with Crippen LogP contribution >= 0.6 is 23.1 Å². The van der Waals surface area contributed by atoms with Gasteiger partial charge < -0.3 is 0 Å². The molecule has 2 heterocycles. The van der Waals surface area contributed by atoms with Crippen molar-refractivity contribution >= 4 is 28.9 Å². The number of ketones is 1. The Hall–Kier alpha value is -1.27. The standard InChI is InChI=1S/C10H11ClN4OS/c1-5(2)7-10(17-14-13-7)9(16)8-6(11)4-12-15(8)3/h4-5H,1-3H3. The van der Waals surface area contributed by atoms with Gasteiger partial charge in [-0.1, -0.05) is 29.9 Å². The van der Waals surface area contributed by atoms with Crippen molar-refractivity contribution in [2.24, 2.45) is 7.05 Å². The van der Waals surface area contributed by atoms with Crippen LogP contribution in [0.5, 0.6) is 0 Å². The summed E-state index contributed by atoms with van der Waals surface area (Å²) in [7, 11) is 1.68. The van der Waals surface area contributed by atoms with Gasteiger partial charge in [0.2, 0.25) is 5.78 Å². The Labute approximate surface area is 108 Å². The SMILES string of the molecule is CC(C)c1nnsc1C(=O)c1c(Cl)cnn1C. The summed E-state index contributed by atoms with van der Waals surface area (Å²) < 4.78 is 5.30. The number of halogens is 1. The first kappa shape index (κ1) is 12.2. The molecule has 2 rings (SSSR count). The summed E-state index contributed by atoms with van der Waals surface area (Å²) in [4.78, 5) is 12.9. The van der Waals surface area contributed by atoms with Crippen LogP contribution in [-0.2, 0) is 7.05 Å². The van der Waals surface area contributed by atoms with Crippen molar-refractivity contribution < 1.29 is 4.79 Å². The Bertz CT molecular complexity index is 541. The lowest BCUT2D eigenvalue weighted by Crippen LogP contribution is -2.10. The highest BCUT2D eigenvalue weighted by Crippen LogP contribution is 2.25. The number of aromatic nitrogens is 4. The van der Waals surface area contributed by atoms with E-state index in [4.69, 9.17) is 11.6 Å². The topological polar surface area (TPSA) is 60.7 Å². The first-order valence-corrected chi connectivity index (χ1v) is 6.22. The third-order valence-electron chi connectivity index (χ3n) is 2.38. The van der Waals surface area contributed by atoms with Gasteiger partial charge in [0.25, 0.3) is 0 Å². The number of hydrogen-bond acceptors (Lipinski definition) is 5. The normalized spacial score (nSPS) is 11.1. The zero-order chi connectivity index (χ0) is 12.6. The lowest BCUT2D eigenvalue weighted by Gasteiger charge is -2.04. The molecule has 0 saturated carbocycles. The van der Waals surface area contributed by atoms with Gasteiger partial charge in [-0.05, 0) is 17.5 Å². The molecule has 0 aliphatic heterocycles. The molecular formula is C10H11ClN4OS. The van der Waals surface area contributed by atoms with Crippen LogP contribution in [0, 0.1) is 0 Å². The van der Waals surface area contributed by atoms with Crippen LogP contribution in [0.1, 0.15) is 40.8 Å². The van der Waals surface area contributed by atoms with Crippen LogP contribution in [0.4, 0.5) is 0 Å². The molecule has 0 radical (unpaired) electrons. The number of aryl methyl sites for hydroxylation is 1. The van der Waals surface area contributed by atoms with Gasteiger partial charge in [0.1, 0.15) is 10.6 Å². The minimum Gasteiger partial charge on any atom is -0.286 e. The van der Waals surface area contributed by atoms with E-state index in [1.807, 2.05) is 13.8 Å². The lowest BCUT2D eigenvalue weighted by molar-refractivity contribution is 0.103. The highest BCUT2D eigenvalue weighted by molar-refractivity contribution is 7.08. The zero-order valence-corrected chi connectivity index (χ0v) is 11.2. The molecule has 7 heteroatoms. The van der Waals surface area contributed by atoms with E-state index in [1.54, 1.807) is 7.05 Å². The van der Waals surface area contributed by atoms with Gasteiger partial charge >= 0.3 is 0 Å². The second-order valence-corrected chi connectivity index (χ2v) is 5.10. The summed E-state index contributed by atoms with van der Waals surface area (Å²) in [5, 5.41) is 8.28. The van der Waals surface area contributed by atoms with Gasteiger partial charge in [0.15, 0.2) is 0 Å². The van der Waals surface area contributed by atoms with E-state index in [-0.39, 0.29) is 11.7 Å². The van der Waals surface area contributed by atoms with E-state index in [1.165, 1.54) is 10.9 Å². The quantitative estimate of drug-likeness (QED) is 0.803. The fraction of sp³-hybridized carbons (Fsp3) is 0.400. The zero-order valence-electron chi connectivity index (χ0n) is 9.64. The lowest BCUT2D eigenvalue weighted by atomic mass is 10.1. The van der Waals surface area contributed by atoms with Crippen molar-refractivity contribution in [3.05, 3.63) is 27.5 Å². The minimum atomic E-state index is -0.172. The van der Waals surface area contributed by atoms with Crippen LogP contribution in [0.15, 0.2) is 6.20 Å². The summed E-state index contributed by atoms with van der Waals surface area (Å²) in [6, 6.07) is 0. The van der Waals surface area contributed by atoms with Crippen LogP contribution in [0.3, 0.4) is 0 Å². The second kappa shape index (κ2) is 4.54. The molecular weight excluding hydrogens is 260 g/mol. The number of hydrogen-bond donors (Lipinski definition) is 0. The van der Waals surface area contributed by atoms with Gasteiger partial charge in [-0.3, -0.25) is 9.48 Å². The average molecular weight is 271 g/mol. The van der Waals surface area contributed by atoms with Gasteiger partial charge in [0, 0.05) is 7.05 Å². The summed E-state index contributed by atoms with van der Waals surface area (Å²) in [6.45, 7) is 3.94. The van der Waals surface area contributed by atoms with E-state index in [0.717, 1.165) is 11.5 Å². The maximum Gasteiger partial charge on any atom is 0.226 e. The van der Waals surface area contributed by atoms with Crippen molar-refractivity contribution in [3.8, 4) is 0 Å². The van der Waals surface area contributed by atoms with E-state index >= 15 is 0 Å². The summed E-state index contributed by atoms with van der Waals surface area (Å²) in [5.74, 6) is -0.0200. The van der Waals surface area contributed by atoms with Crippen molar-refractivity contribution in [2.75, 3.05) is 0 Å². The first-order valence-electron chi connectivity index (χ1n) is 5.06. The van der Waals surface area contributed by atoms with Crippen LogP contribution in [0.2, 0.25) is 5.02 Å². The van der Waals surface area contributed by atoms with Crippen LogP contribution in [0.25, 0.3) is 0 Å². The smallest absolute Gasteiger partial charge is 0.226 e. The molecule has 0 atom stereocenters.